The van der Waals surface area contributed by atoms with Crippen LogP contribution in [0.3, 0.4) is 0 Å². The van der Waals surface area contributed by atoms with E-state index >= 15 is 0 Å². The fourth-order valence-electron chi connectivity index (χ4n) is 3.07. The molecule has 116 valence electrons. The quantitative estimate of drug-likeness (QED) is 0.594. The molecule has 0 spiro atoms. The zero-order valence-electron chi connectivity index (χ0n) is 13.1. The second kappa shape index (κ2) is 5.69. The molecule has 0 atom stereocenters. The van der Waals surface area contributed by atoms with Gasteiger partial charge in [0.15, 0.2) is 0 Å². The molecule has 0 amide bonds. The molecular formula is C19H17NO3. The van der Waals surface area contributed by atoms with Gasteiger partial charge >= 0.3 is 5.97 Å². The second-order valence-corrected chi connectivity index (χ2v) is 5.31. The van der Waals surface area contributed by atoms with E-state index in [0.29, 0.717) is 24.1 Å². The second-order valence-electron chi connectivity index (χ2n) is 5.31. The first-order valence-corrected chi connectivity index (χ1v) is 7.44. The highest BCUT2D eigenvalue weighted by molar-refractivity contribution is 6.16. The number of esters is 1. The van der Waals surface area contributed by atoms with Crippen LogP contribution in [-0.4, -0.2) is 22.2 Å². The van der Waals surface area contributed by atoms with Gasteiger partial charge < -0.3 is 14.4 Å². The minimum absolute atomic E-state index is 0.136. The minimum Gasteiger partial charge on any atom is -0.507 e. The summed E-state index contributed by atoms with van der Waals surface area (Å²) in [6, 6.07) is 9.13. The lowest BCUT2D eigenvalue weighted by molar-refractivity contribution is 0.0527. The van der Waals surface area contributed by atoms with Crippen molar-refractivity contribution < 1.29 is 14.6 Å². The molecule has 3 rings (SSSR count). The number of rotatable bonds is 3. The minimum atomic E-state index is -0.402. The molecule has 0 aliphatic rings. The summed E-state index contributed by atoms with van der Waals surface area (Å²) in [5.41, 5.74) is 2.04. The van der Waals surface area contributed by atoms with Crippen LogP contribution in [0.25, 0.3) is 21.7 Å². The number of carbonyl (C=O) groups is 1. The predicted molar refractivity (Wildman–Crippen MR) is 90.6 cm³/mol. The Labute approximate surface area is 134 Å². The monoisotopic (exact) mass is 307 g/mol. The zero-order valence-corrected chi connectivity index (χ0v) is 13.1. The highest BCUT2D eigenvalue weighted by atomic mass is 16.5. The van der Waals surface area contributed by atoms with Crippen molar-refractivity contribution in [3.63, 3.8) is 0 Å². The van der Waals surface area contributed by atoms with Crippen molar-refractivity contribution in [2.45, 2.75) is 20.4 Å². The Balaban J connectivity index is 2.49. The molecule has 0 aliphatic heterocycles. The third kappa shape index (κ3) is 2.22. The van der Waals surface area contributed by atoms with E-state index in [1.54, 1.807) is 13.0 Å². The summed E-state index contributed by atoms with van der Waals surface area (Å²) in [6.07, 6.45) is 5.50. The van der Waals surface area contributed by atoms with Crippen LogP contribution in [-0.2, 0) is 11.3 Å². The van der Waals surface area contributed by atoms with E-state index in [1.807, 2.05) is 35.8 Å². The summed E-state index contributed by atoms with van der Waals surface area (Å²) in [4.78, 5) is 12.4. The van der Waals surface area contributed by atoms with Gasteiger partial charge in [-0.25, -0.2) is 4.79 Å². The topological polar surface area (TPSA) is 51.5 Å². The molecule has 0 saturated carbocycles. The van der Waals surface area contributed by atoms with Crippen molar-refractivity contribution in [1.29, 1.82) is 0 Å². The van der Waals surface area contributed by atoms with Crippen LogP contribution in [0.1, 0.15) is 23.0 Å². The van der Waals surface area contributed by atoms with Gasteiger partial charge in [0.25, 0.3) is 0 Å². The number of phenolic OH excluding ortho intramolecular Hbond substituents is 1. The number of aromatic hydroxyl groups is 1. The Morgan fingerprint density at radius 3 is 2.65 bits per heavy atom. The predicted octanol–water partition coefficient (Wildman–Crippen LogP) is 3.62. The standard InChI is InChI=1S/C19H17NO3/c1-4-10-20-12(3)17(19(22)23-5-2)15-11-16(21)13-8-6-7-9-14(13)18(15)20/h1,6-9,11,21H,5,10H2,2-3H3. The summed E-state index contributed by atoms with van der Waals surface area (Å²) in [6.45, 7) is 4.24. The lowest BCUT2D eigenvalue weighted by atomic mass is 10.0. The first-order chi connectivity index (χ1) is 11.1. The summed E-state index contributed by atoms with van der Waals surface area (Å²) >= 11 is 0. The maximum absolute atomic E-state index is 12.4. The van der Waals surface area contributed by atoms with E-state index in [9.17, 15) is 9.90 Å². The SMILES string of the molecule is C#CCn1c(C)c(C(=O)OCC)c2cc(O)c3ccccc3c21. The molecule has 0 bridgehead atoms. The number of terminal acetylenes is 1. The molecule has 0 aliphatic carbocycles. The molecule has 3 aromatic rings. The lowest BCUT2D eigenvalue weighted by Gasteiger charge is -2.07. The normalized spacial score (nSPS) is 10.8. The first-order valence-electron chi connectivity index (χ1n) is 7.44. The number of hydrogen-bond acceptors (Lipinski definition) is 3. The van der Waals surface area contributed by atoms with Crippen molar-refractivity contribution in [3.05, 3.63) is 41.6 Å². The maximum atomic E-state index is 12.4. The third-order valence-electron chi connectivity index (χ3n) is 4.03. The number of phenols is 1. The van der Waals surface area contributed by atoms with Gasteiger partial charge in [-0.1, -0.05) is 30.2 Å². The molecular weight excluding hydrogens is 290 g/mol. The van der Waals surface area contributed by atoms with Crippen LogP contribution >= 0.6 is 0 Å². The van der Waals surface area contributed by atoms with Gasteiger partial charge in [0, 0.05) is 21.9 Å². The molecule has 0 saturated heterocycles. The number of nitrogens with zero attached hydrogens (tertiary/aromatic N) is 1. The average Bonchev–Trinajstić information content (AvgIpc) is 2.81. The Kier molecular flexibility index (Phi) is 3.71. The van der Waals surface area contributed by atoms with Crippen LogP contribution in [0.15, 0.2) is 30.3 Å². The first kappa shape index (κ1) is 15.0. The molecule has 0 fully saturated rings. The molecule has 4 heteroatoms. The lowest BCUT2D eigenvalue weighted by Crippen LogP contribution is -2.07. The van der Waals surface area contributed by atoms with Gasteiger partial charge in [0.2, 0.25) is 0 Å². The molecule has 0 radical (unpaired) electrons. The van der Waals surface area contributed by atoms with Crippen molar-refractivity contribution >= 4 is 27.6 Å². The van der Waals surface area contributed by atoms with Gasteiger partial charge in [-0.05, 0) is 19.9 Å². The number of ether oxygens (including phenoxy) is 1. The summed E-state index contributed by atoms with van der Waals surface area (Å²) in [5.74, 6) is 2.36. The van der Waals surface area contributed by atoms with E-state index < -0.39 is 5.97 Å². The molecule has 1 aromatic heterocycles. The molecule has 2 aromatic carbocycles. The Morgan fingerprint density at radius 1 is 1.30 bits per heavy atom. The smallest absolute Gasteiger partial charge is 0.340 e. The summed E-state index contributed by atoms with van der Waals surface area (Å²) in [7, 11) is 0. The van der Waals surface area contributed by atoms with Gasteiger partial charge in [0.1, 0.15) is 5.75 Å². The van der Waals surface area contributed by atoms with E-state index in [-0.39, 0.29) is 5.75 Å². The van der Waals surface area contributed by atoms with Crippen molar-refractivity contribution in [2.24, 2.45) is 0 Å². The number of hydrogen-bond donors (Lipinski definition) is 1. The van der Waals surface area contributed by atoms with Gasteiger partial charge in [-0.15, -0.1) is 6.42 Å². The van der Waals surface area contributed by atoms with Gasteiger partial charge in [-0.3, -0.25) is 0 Å². The molecule has 1 heterocycles. The summed E-state index contributed by atoms with van der Waals surface area (Å²) in [5, 5.41) is 12.6. The van der Waals surface area contributed by atoms with Crippen LogP contribution in [0.4, 0.5) is 0 Å². The fourth-order valence-corrected chi connectivity index (χ4v) is 3.07. The highest BCUT2D eigenvalue weighted by Crippen LogP contribution is 2.37. The van der Waals surface area contributed by atoms with Crippen LogP contribution in [0.5, 0.6) is 5.75 Å². The van der Waals surface area contributed by atoms with Gasteiger partial charge in [-0.2, -0.15) is 0 Å². The van der Waals surface area contributed by atoms with Crippen LogP contribution in [0, 0.1) is 19.3 Å². The Hall–Kier alpha value is -2.93. The van der Waals surface area contributed by atoms with Crippen LogP contribution < -0.4 is 0 Å². The van der Waals surface area contributed by atoms with E-state index in [2.05, 4.69) is 5.92 Å². The largest absolute Gasteiger partial charge is 0.507 e. The maximum Gasteiger partial charge on any atom is 0.340 e. The van der Waals surface area contributed by atoms with E-state index in [0.717, 1.165) is 22.0 Å². The zero-order chi connectivity index (χ0) is 16.6. The van der Waals surface area contributed by atoms with Crippen LogP contribution in [0.2, 0.25) is 0 Å². The molecule has 23 heavy (non-hydrogen) atoms. The molecule has 0 unspecified atom stereocenters. The number of fused-ring (bicyclic) bond motifs is 3. The van der Waals surface area contributed by atoms with Gasteiger partial charge in [0.05, 0.1) is 24.2 Å². The average molecular weight is 307 g/mol. The molecule has 1 N–H and O–H groups in total. The fraction of sp³-hybridized carbons (Fsp3) is 0.211. The highest BCUT2D eigenvalue weighted by Gasteiger charge is 2.23. The van der Waals surface area contributed by atoms with E-state index in [4.69, 9.17) is 11.2 Å². The number of carbonyl (C=O) groups excluding carboxylic acids is 1. The number of aromatic nitrogens is 1. The number of benzene rings is 2. The molecule has 4 nitrogen and oxygen atoms in total. The third-order valence-corrected chi connectivity index (χ3v) is 4.03. The Bertz CT molecular complexity index is 960. The van der Waals surface area contributed by atoms with Crippen molar-refractivity contribution in [3.8, 4) is 18.1 Å². The van der Waals surface area contributed by atoms with Crippen molar-refractivity contribution in [1.82, 2.24) is 4.57 Å². The Morgan fingerprint density at radius 2 is 2.00 bits per heavy atom. The van der Waals surface area contributed by atoms with E-state index in [1.165, 1.54) is 0 Å². The van der Waals surface area contributed by atoms with Crippen molar-refractivity contribution in [2.75, 3.05) is 6.61 Å². The summed E-state index contributed by atoms with van der Waals surface area (Å²) < 4.78 is 7.09.